The van der Waals surface area contributed by atoms with Crippen LogP contribution in [0.15, 0.2) is 17.5 Å². The van der Waals surface area contributed by atoms with Crippen molar-refractivity contribution in [3.05, 3.63) is 23.3 Å². The van der Waals surface area contributed by atoms with Crippen LogP contribution in [-0.2, 0) is 5.41 Å². The average molecular weight is 247 g/mol. The van der Waals surface area contributed by atoms with Crippen molar-refractivity contribution in [2.24, 2.45) is 0 Å². The molecule has 0 saturated heterocycles. The van der Waals surface area contributed by atoms with Gasteiger partial charge in [0.25, 0.3) is 0 Å². The number of rotatable bonds is 3. The second-order valence-electron chi connectivity index (χ2n) is 4.83. The first kappa shape index (κ1) is 11.0. The summed E-state index contributed by atoms with van der Waals surface area (Å²) in [5, 5.41) is 9.61. The van der Waals surface area contributed by atoms with Gasteiger partial charge in [-0.1, -0.05) is 25.8 Å². The van der Waals surface area contributed by atoms with Crippen molar-refractivity contribution >= 4 is 11.3 Å². The van der Waals surface area contributed by atoms with Gasteiger partial charge >= 0.3 is 0 Å². The quantitative estimate of drug-likeness (QED) is 0.897. The second kappa shape index (κ2) is 4.26. The zero-order valence-electron chi connectivity index (χ0n) is 10.1. The second-order valence-corrected chi connectivity index (χ2v) is 5.77. The third-order valence-electron chi connectivity index (χ3n) is 3.97. The van der Waals surface area contributed by atoms with Gasteiger partial charge in [0.15, 0.2) is 5.82 Å². The van der Waals surface area contributed by atoms with E-state index in [-0.39, 0.29) is 5.41 Å². The standard InChI is InChI=1S/C13H17N3S/c1-2-13(7-3-4-8-13)12-14-11(15-16-12)10-6-5-9-17-10/h5-6,9H,2-4,7-8H2,1H3,(H,14,15,16). The van der Waals surface area contributed by atoms with Gasteiger partial charge in [0.05, 0.1) is 4.88 Å². The molecule has 1 fully saturated rings. The van der Waals surface area contributed by atoms with E-state index in [1.807, 2.05) is 6.07 Å². The first-order valence-electron chi connectivity index (χ1n) is 6.31. The molecule has 0 radical (unpaired) electrons. The Morgan fingerprint density at radius 3 is 2.88 bits per heavy atom. The van der Waals surface area contributed by atoms with Crippen LogP contribution < -0.4 is 0 Å². The Balaban J connectivity index is 1.94. The first-order valence-corrected chi connectivity index (χ1v) is 7.19. The Morgan fingerprint density at radius 1 is 1.41 bits per heavy atom. The monoisotopic (exact) mass is 247 g/mol. The number of nitrogens with one attached hydrogen (secondary N) is 1. The number of nitrogens with zero attached hydrogens (tertiary/aromatic N) is 2. The van der Waals surface area contributed by atoms with Crippen molar-refractivity contribution in [1.82, 2.24) is 15.2 Å². The van der Waals surface area contributed by atoms with Crippen LogP contribution in [0.4, 0.5) is 0 Å². The molecule has 1 aliphatic carbocycles. The molecule has 1 aliphatic rings. The van der Waals surface area contributed by atoms with Gasteiger partial charge in [-0.15, -0.1) is 11.3 Å². The van der Waals surface area contributed by atoms with E-state index in [0.29, 0.717) is 0 Å². The van der Waals surface area contributed by atoms with Crippen molar-refractivity contribution in [2.75, 3.05) is 0 Å². The molecule has 3 nitrogen and oxygen atoms in total. The lowest BCUT2D eigenvalue weighted by atomic mass is 9.83. The van der Waals surface area contributed by atoms with Crippen molar-refractivity contribution < 1.29 is 0 Å². The van der Waals surface area contributed by atoms with Gasteiger partial charge in [0.2, 0.25) is 0 Å². The molecule has 90 valence electrons. The summed E-state index contributed by atoms with van der Waals surface area (Å²) in [6.07, 6.45) is 6.31. The lowest BCUT2D eigenvalue weighted by molar-refractivity contribution is 0.400. The minimum Gasteiger partial charge on any atom is -0.262 e. The summed E-state index contributed by atoms with van der Waals surface area (Å²) in [6.45, 7) is 2.26. The van der Waals surface area contributed by atoms with Crippen molar-refractivity contribution in [3.8, 4) is 10.7 Å². The molecule has 3 rings (SSSR count). The summed E-state index contributed by atoms with van der Waals surface area (Å²) in [4.78, 5) is 5.87. The molecular weight excluding hydrogens is 230 g/mol. The van der Waals surface area contributed by atoms with Gasteiger partial charge in [0, 0.05) is 5.41 Å². The maximum absolute atomic E-state index is 4.72. The van der Waals surface area contributed by atoms with Crippen LogP contribution in [0.5, 0.6) is 0 Å². The van der Waals surface area contributed by atoms with Gasteiger partial charge in [-0.25, -0.2) is 4.98 Å². The SMILES string of the molecule is CCC1(c2nc(-c3cccs3)n[nH]2)CCCC1. The largest absolute Gasteiger partial charge is 0.262 e. The molecule has 0 amide bonds. The number of aromatic amines is 1. The molecular formula is C13H17N3S. The van der Waals surface area contributed by atoms with Crippen LogP contribution in [0.2, 0.25) is 0 Å². The third kappa shape index (κ3) is 1.80. The Hall–Kier alpha value is -1.16. The van der Waals surface area contributed by atoms with Crippen LogP contribution in [0, 0.1) is 0 Å². The predicted octanol–water partition coefficient (Wildman–Crippen LogP) is 3.76. The molecule has 0 bridgehead atoms. The van der Waals surface area contributed by atoms with Gasteiger partial charge < -0.3 is 0 Å². The van der Waals surface area contributed by atoms with E-state index in [1.54, 1.807) is 11.3 Å². The minimum absolute atomic E-state index is 0.266. The minimum atomic E-state index is 0.266. The van der Waals surface area contributed by atoms with E-state index in [2.05, 4.69) is 28.6 Å². The Morgan fingerprint density at radius 2 is 2.24 bits per heavy atom. The normalized spacial score (nSPS) is 18.6. The van der Waals surface area contributed by atoms with Gasteiger partial charge in [0.1, 0.15) is 5.82 Å². The number of H-pyrrole nitrogens is 1. The van der Waals surface area contributed by atoms with E-state index in [1.165, 1.54) is 25.7 Å². The van der Waals surface area contributed by atoms with E-state index >= 15 is 0 Å². The Kier molecular flexibility index (Phi) is 2.74. The average Bonchev–Trinajstić information content (AvgIpc) is 3.10. The van der Waals surface area contributed by atoms with Crippen molar-refractivity contribution in [1.29, 1.82) is 0 Å². The fraction of sp³-hybridized carbons (Fsp3) is 0.538. The summed E-state index contributed by atoms with van der Waals surface area (Å²) in [7, 11) is 0. The summed E-state index contributed by atoms with van der Waals surface area (Å²) in [5.41, 5.74) is 0.266. The molecule has 17 heavy (non-hydrogen) atoms. The molecule has 0 unspecified atom stereocenters. The number of hydrogen-bond donors (Lipinski definition) is 1. The number of hydrogen-bond acceptors (Lipinski definition) is 3. The fourth-order valence-electron chi connectivity index (χ4n) is 2.82. The molecule has 0 spiro atoms. The molecule has 1 N–H and O–H groups in total. The third-order valence-corrected chi connectivity index (χ3v) is 4.83. The van der Waals surface area contributed by atoms with Gasteiger partial charge in [-0.2, -0.15) is 5.10 Å². The summed E-state index contributed by atoms with van der Waals surface area (Å²) in [5.74, 6) is 1.95. The molecule has 0 aromatic carbocycles. The topological polar surface area (TPSA) is 41.6 Å². The summed E-state index contributed by atoms with van der Waals surface area (Å²) >= 11 is 1.69. The highest BCUT2D eigenvalue weighted by Crippen LogP contribution is 2.42. The molecule has 4 heteroatoms. The highest BCUT2D eigenvalue weighted by atomic mass is 32.1. The van der Waals surface area contributed by atoms with Gasteiger partial charge in [-0.05, 0) is 30.7 Å². The van der Waals surface area contributed by atoms with Gasteiger partial charge in [-0.3, -0.25) is 5.10 Å². The first-order chi connectivity index (χ1) is 8.34. The maximum atomic E-state index is 4.72. The van der Waals surface area contributed by atoms with Crippen molar-refractivity contribution in [3.63, 3.8) is 0 Å². The highest BCUT2D eigenvalue weighted by molar-refractivity contribution is 7.13. The zero-order chi connectivity index (χ0) is 11.7. The van der Waals surface area contributed by atoms with Crippen LogP contribution in [0.25, 0.3) is 10.7 Å². The van der Waals surface area contributed by atoms with Crippen LogP contribution in [0.1, 0.15) is 44.9 Å². The predicted molar refractivity (Wildman–Crippen MR) is 70.1 cm³/mol. The Labute approximate surface area is 105 Å². The van der Waals surface area contributed by atoms with Crippen LogP contribution in [0.3, 0.4) is 0 Å². The number of aromatic nitrogens is 3. The van der Waals surface area contributed by atoms with Crippen LogP contribution >= 0.6 is 11.3 Å². The molecule has 0 aliphatic heterocycles. The van der Waals surface area contributed by atoms with Crippen molar-refractivity contribution in [2.45, 2.75) is 44.4 Å². The van der Waals surface area contributed by atoms with E-state index < -0.39 is 0 Å². The Bertz CT molecular complexity index is 480. The smallest absolute Gasteiger partial charge is 0.191 e. The molecule has 1 saturated carbocycles. The summed E-state index contributed by atoms with van der Waals surface area (Å²) in [6, 6.07) is 4.12. The zero-order valence-corrected chi connectivity index (χ0v) is 10.9. The number of thiophene rings is 1. The molecule has 2 heterocycles. The molecule has 2 aromatic rings. The van der Waals surface area contributed by atoms with E-state index in [9.17, 15) is 0 Å². The summed E-state index contributed by atoms with van der Waals surface area (Å²) < 4.78 is 0. The lowest BCUT2D eigenvalue weighted by Gasteiger charge is -2.23. The highest BCUT2D eigenvalue weighted by Gasteiger charge is 2.36. The maximum Gasteiger partial charge on any atom is 0.191 e. The fourth-order valence-corrected chi connectivity index (χ4v) is 3.48. The van der Waals surface area contributed by atoms with E-state index in [0.717, 1.165) is 22.9 Å². The molecule has 2 aromatic heterocycles. The lowest BCUT2D eigenvalue weighted by Crippen LogP contribution is -2.22. The molecule has 0 atom stereocenters. The van der Waals surface area contributed by atoms with Crippen LogP contribution in [-0.4, -0.2) is 15.2 Å². The van der Waals surface area contributed by atoms with E-state index in [4.69, 9.17) is 4.98 Å².